The number of amides is 1. The number of carbonyl (C=O) groups is 1. The maximum absolute atomic E-state index is 13.9. The van der Waals surface area contributed by atoms with E-state index in [1.54, 1.807) is 31.3 Å². The molecule has 1 aliphatic rings. The number of ether oxygens (including phenoxy) is 2. The smallest absolute Gasteiger partial charge is 0.254 e. The molecule has 1 unspecified atom stereocenters. The lowest BCUT2D eigenvalue weighted by atomic mass is 9.91. The third kappa shape index (κ3) is 3.19. The van der Waals surface area contributed by atoms with Gasteiger partial charge in [-0.2, -0.15) is 0 Å². The summed E-state index contributed by atoms with van der Waals surface area (Å²) in [5.41, 5.74) is 4.26. The van der Waals surface area contributed by atoms with Crippen molar-refractivity contribution >= 4 is 16.8 Å². The van der Waals surface area contributed by atoms with Crippen LogP contribution in [-0.4, -0.2) is 36.6 Å². The normalized spacial score (nSPS) is 15.5. The van der Waals surface area contributed by atoms with Crippen LogP contribution in [0.25, 0.3) is 10.9 Å². The second-order valence-corrected chi connectivity index (χ2v) is 7.81. The van der Waals surface area contributed by atoms with Gasteiger partial charge in [-0.3, -0.25) is 4.79 Å². The van der Waals surface area contributed by atoms with Gasteiger partial charge in [-0.05, 0) is 42.3 Å². The average Bonchev–Trinajstić information content (AvgIpc) is 3.21. The number of hydrogen-bond acceptors (Lipinski definition) is 3. The first-order valence-electron chi connectivity index (χ1n) is 10.5. The second kappa shape index (κ2) is 8.04. The maximum Gasteiger partial charge on any atom is 0.254 e. The predicted octanol–water partition coefficient (Wildman–Crippen LogP) is 5.11. The zero-order chi connectivity index (χ0) is 22.2. The quantitative estimate of drug-likeness (QED) is 0.489. The van der Waals surface area contributed by atoms with Crippen molar-refractivity contribution in [1.29, 1.82) is 0 Å². The number of benzene rings is 3. The molecule has 2 heterocycles. The van der Waals surface area contributed by atoms with Gasteiger partial charge in [-0.1, -0.05) is 36.4 Å². The fourth-order valence-corrected chi connectivity index (χ4v) is 4.70. The second-order valence-electron chi connectivity index (χ2n) is 7.81. The summed E-state index contributed by atoms with van der Waals surface area (Å²) in [6.45, 7) is 0.495. The third-order valence-electron chi connectivity index (χ3n) is 6.09. The van der Waals surface area contributed by atoms with Crippen LogP contribution >= 0.6 is 0 Å². The van der Waals surface area contributed by atoms with Gasteiger partial charge in [0.25, 0.3) is 5.91 Å². The first-order chi connectivity index (χ1) is 15.6. The Kier molecular flexibility index (Phi) is 5.05. The number of carbonyl (C=O) groups excluding carboxylic acids is 1. The lowest BCUT2D eigenvalue weighted by molar-refractivity contribution is 0.0689. The largest absolute Gasteiger partial charge is 0.493 e. The molecular formula is C26H23FN2O3. The number of fused-ring (bicyclic) bond motifs is 3. The van der Waals surface area contributed by atoms with Gasteiger partial charge >= 0.3 is 0 Å². The predicted molar refractivity (Wildman–Crippen MR) is 121 cm³/mol. The Hall–Kier alpha value is -3.80. The highest BCUT2D eigenvalue weighted by atomic mass is 19.1. The molecule has 0 aliphatic carbocycles. The number of rotatable bonds is 4. The summed E-state index contributed by atoms with van der Waals surface area (Å²) in [7, 11) is 3.18. The highest BCUT2D eigenvalue weighted by Crippen LogP contribution is 2.44. The summed E-state index contributed by atoms with van der Waals surface area (Å²) in [4.78, 5) is 18.9. The van der Waals surface area contributed by atoms with Crippen molar-refractivity contribution in [1.82, 2.24) is 9.88 Å². The molecule has 0 spiro atoms. The number of hydrogen-bond donors (Lipinski definition) is 1. The molecular weight excluding hydrogens is 407 g/mol. The van der Waals surface area contributed by atoms with Crippen LogP contribution in [0.3, 0.4) is 0 Å². The van der Waals surface area contributed by atoms with Crippen LogP contribution in [0.2, 0.25) is 0 Å². The molecule has 3 aromatic carbocycles. The molecule has 1 atom stereocenters. The van der Waals surface area contributed by atoms with Crippen LogP contribution in [0.4, 0.5) is 4.39 Å². The number of methoxy groups -OCH3 is 2. The Morgan fingerprint density at radius 3 is 2.62 bits per heavy atom. The number of aromatic amines is 1. The minimum Gasteiger partial charge on any atom is -0.493 e. The molecule has 6 heteroatoms. The van der Waals surface area contributed by atoms with Crippen molar-refractivity contribution in [3.8, 4) is 11.5 Å². The summed E-state index contributed by atoms with van der Waals surface area (Å²) in [6.07, 6.45) is 0.698. The topological polar surface area (TPSA) is 54.6 Å². The van der Waals surface area contributed by atoms with Crippen molar-refractivity contribution in [2.75, 3.05) is 20.8 Å². The SMILES string of the molecule is COc1cccc(C2c3[nH]c4ccccc4c3CCN2C(=O)c2cccc(F)c2)c1OC. The molecule has 1 aliphatic heterocycles. The first kappa shape index (κ1) is 20.1. The number of nitrogens with zero attached hydrogens (tertiary/aromatic N) is 1. The molecule has 5 nitrogen and oxygen atoms in total. The fraction of sp³-hybridized carbons (Fsp3) is 0.192. The zero-order valence-corrected chi connectivity index (χ0v) is 17.9. The van der Waals surface area contributed by atoms with Crippen LogP contribution < -0.4 is 9.47 Å². The molecule has 0 radical (unpaired) electrons. The van der Waals surface area contributed by atoms with E-state index in [-0.39, 0.29) is 5.91 Å². The van der Waals surface area contributed by atoms with Crippen LogP contribution in [-0.2, 0) is 6.42 Å². The zero-order valence-electron chi connectivity index (χ0n) is 17.9. The van der Waals surface area contributed by atoms with E-state index in [0.717, 1.165) is 22.2 Å². The van der Waals surface area contributed by atoms with Gasteiger partial charge in [0, 0.05) is 34.3 Å². The van der Waals surface area contributed by atoms with Gasteiger partial charge in [0.05, 0.1) is 14.2 Å². The van der Waals surface area contributed by atoms with Crippen molar-refractivity contribution in [3.63, 3.8) is 0 Å². The molecule has 32 heavy (non-hydrogen) atoms. The first-order valence-corrected chi connectivity index (χ1v) is 10.5. The van der Waals surface area contributed by atoms with E-state index in [4.69, 9.17) is 9.47 Å². The summed E-state index contributed by atoms with van der Waals surface area (Å²) < 4.78 is 25.1. The molecule has 162 valence electrons. The van der Waals surface area contributed by atoms with E-state index < -0.39 is 11.9 Å². The molecule has 0 fully saturated rings. The Bertz CT molecular complexity index is 1310. The van der Waals surface area contributed by atoms with Crippen LogP contribution in [0, 0.1) is 5.82 Å². The molecule has 5 rings (SSSR count). The molecule has 0 saturated carbocycles. The number of H-pyrrole nitrogens is 1. The number of aromatic nitrogens is 1. The van der Waals surface area contributed by atoms with E-state index in [0.29, 0.717) is 30.0 Å². The number of para-hydroxylation sites is 2. The van der Waals surface area contributed by atoms with Gasteiger partial charge in [0.2, 0.25) is 0 Å². The third-order valence-corrected chi connectivity index (χ3v) is 6.09. The molecule has 0 bridgehead atoms. The van der Waals surface area contributed by atoms with E-state index >= 15 is 0 Å². The number of halogens is 1. The summed E-state index contributed by atoms with van der Waals surface area (Å²) >= 11 is 0. The van der Waals surface area contributed by atoms with E-state index in [1.165, 1.54) is 17.7 Å². The maximum atomic E-state index is 13.9. The Labute approximate surface area is 185 Å². The summed E-state index contributed by atoms with van der Waals surface area (Å²) in [5, 5.41) is 1.15. The van der Waals surface area contributed by atoms with Crippen molar-refractivity contribution in [3.05, 3.63) is 94.9 Å². The number of nitrogens with one attached hydrogen (secondary N) is 1. The van der Waals surface area contributed by atoms with Crippen LogP contribution in [0.15, 0.2) is 66.7 Å². The molecule has 1 amide bonds. The summed E-state index contributed by atoms with van der Waals surface area (Å²) in [6, 6.07) is 19.2. The molecule has 1 aromatic heterocycles. The standard InChI is InChI=1S/C26H23FN2O3/c1-31-22-12-6-10-20(25(22)32-2)24-23-19(18-9-3-4-11-21(18)28-23)13-14-29(24)26(30)16-7-5-8-17(27)15-16/h3-12,15,24,28H,13-14H2,1-2H3. The lowest BCUT2D eigenvalue weighted by Gasteiger charge is -2.37. The van der Waals surface area contributed by atoms with Crippen molar-refractivity contribution in [2.24, 2.45) is 0 Å². The molecule has 1 N–H and O–H groups in total. The van der Waals surface area contributed by atoms with Crippen molar-refractivity contribution in [2.45, 2.75) is 12.5 Å². The van der Waals surface area contributed by atoms with Crippen LogP contribution in [0.5, 0.6) is 11.5 Å². The Balaban J connectivity index is 1.72. The van der Waals surface area contributed by atoms with E-state index in [9.17, 15) is 9.18 Å². The van der Waals surface area contributed by atoms with Gasteiger partial charge in [-0.15, -0.1) is 0 Å². The summed E-state index contributed by atoms with van der Waals surface area (Å²) in [5.74, 6) is 0.494. The fourth-order valence-electron chi connectivity index (χ4n) is 4.70. The molecule has 4 aromatic rings. The average molecular weight is 430 g/mol. The minimum atomic E-state index is -0.438. The molecule has 0 saturated heterocycles. The highest BCUT2D eigenvalue weighted by Gasteiger charge is 2.37. The van der Waals surface area contributed by atoms with Gasteiger partial charge < -0.3 is 19.4 Å². The van der Waals surface area contributed by atoms with Crippen molar-refractivity contribution < 1.29 is 18.7 Å². The Morgan fingerprint density at radius 1 is 1.03 bits per heavy atom. The monoisotopic (exact) mass is 430 g/mol. The van der Waals surface area contributed by atoms with E-state index in [1.807, 2.05) is 36.4 Å². The van der Waals surface area contributed by atoms with Gasteiger partial charge in [0.1, 0.15) is 11.9 Å². The Morgan fingerprint density at radius 2 is 1.84 bits per heavy atom. The lowest BCUT2D eigenvalue weighted by Crippen LogP contribution is -2.40. The van der Waals surface area contributed by atoms with Gasteiger partial charge in [0.15, 0.2) is 11.5 Å². The minimum absolute atomic E-state index is 0.233. The van der Waals surface area contributed by atoms with Crippen LogP contribution in [0.1, 0.15) is 33.2 Å². The van der Waals surface area contributed by atoms with Gasteiger partial charge in [-0.25, -0.2) is 4.39 Å². The highest BCUT2D eigenvalue weighted by molar-refractivity contribution is 5.95. The van der Waals surface area contributed by atoms with E-state index in [2.05, 4.69) is 11.1 Å².